The van der Waals surface area contributed by atoms with Gasteiger partial charge in [-0.2, -0.15) is 0 Å². The van der Waals surface area contributed by atoms with Crippen LogP contribution >= 0.6 is 0 Å². The lowest BCUT2D eigenvalue weighted by atomic mass is 10.0. The maximum Gasteiger partial charge on any atom is 0.321 e. The minimum absolute atomic E-state index is 0.0928. The van der Waals surface area contributed by atoms with E-state index in [1.807, 2.05) is 31.3 Å². The average Bonchev–Trinajstić information content (AvgIpc) is 2.48. The maximum absolute atomic E-state index is 12.1. The minimum Gasteiger partial charge on any atom is -0.381 e. The smallest absolute Gasteiger partial charge is 0.321 e. The van der Waals surface area contributed by atoms with Gasteiger partial charge in [0.15, 0.2) is 0 Å². The molecule has 1 saturated heterocycles. The van der Waals surface area contributed by atoms with E-state index in [9.17, 15) is 4.79 Å². The van der Waals surface area contributed by atoms with E-state index in [2.05, 4.69) is 5.32 Å². The second-order valence-corrected chi connectivity index (χ2v) is 5.30. The van der Waals surface area contributed by atoms with Gasteiger partial charge < -0.3 is 20.7 Å². The fraction of sp³-hybridized carbons (Fsp3) is 0.533. The molecule has 2 rings (SSSR count). The number of nitrogens with two attached hydrogens (primary N) is 1. The Kier molecular flexibility index (Phi) is 5.38. The number of ether oxygens (including phenoxy) is 1. The quantitative estimate of drug-likeness (QED) is 0.885. The van der Waals surface area contributed by atoms with Gasteiger partial charge in [-0.3, -0.25) is 0 Å². The molecular formula is C15H23N3O2. The molecule has 0 aliphatic carbocycles. The second-order valence-electron chi connectivity index (χ2n) is 5.30. The molecule has 0 bridgehead atoms. The molecule has 0 aromatic heterocycles. The van der Waals surface area contributed by atoms with Crippen LogP contribution in [-0.2, 0) is 11.3 Å². The molecule has 20 heavy (non-hydrogen) atoms. The number of nitrogens with zero attached hydrogens (tertiary/aromatic N) is 1. The van der Waals surface area contributed by atoms with E-state index in [1.165, 1.54) is 0 Å². The van der Waals surface area contributed by atoms with Gasteiger partial charge in [-0.1, -0.05) is 12.1 Å². The molecule has 1 heterocycles. The summed E-state index contributed by atoms with van der Waals surface area (Å²) in [5.74, 6) is 0.440. The van der Waals surface area contributed by atoms with Crippen LogP contribution in [0.5, 0.6) is 0 Å². The summed E-state index contributed by atoms with van der Waals surface area (Å²) in [6.07, 6.45) is 2.21. The van der Waals surface area contributed by atoms with Crippen LogP contribution in [0.3, 0.4) is 0 Å². The van der Waals surface area contributed by atoms with Gasteiger partial charge in [-0.25, -0.2) is 4.79 Å². The first kappa shape index (κ1) is 14.8. The van der Waals surface area contributed by atoms with E-state index in [1.54, 1.807) is 4.90 Å². The van der Waals surface area contributed by atoms with Crippen LogP contribution < -0.4 is 11.1 Å². The lowest BCUT2D eigenvalue weighted by Crippen LogP contribution is -2.37. The molecular weight excluding hydrogens is 254 g/mol. The fourth-order valence-corrected chi connectivity index (χ4v) is 2.42. The summed E-state index contributed by atoms with van der Waals surface area (Å²) in [5.41, 5.74) is 7.38. The van der Waals surface area contributed by atoms with Gasteiger partial charge in [-0.15, -0.1) is 0 Å². The Hall–Kier alpha value is -1.59. The summed E-state index contributed by atoms with van der Waals surface area (Å²) >= 11 is 0. The predicted molar refractivity (Wildman–Crippen MR) is 79.5 cm³/mol. The van der Waals surface area contributed by atoms with Gasteiger partial charge in [0, 0.05) is 38.3 Å². The highest BCUT2D eigenvalue weighted by molar-refractivity contribution is 5.89. The van der Waals surface area contributed by atoms with Crippen LogP contribution in [0.15, 0.2) is 24.3 Å². The number of urea groups is 1. The predicted octanol–water partition coefficient (Wildman–Crippen LogP) is 2.04. The third kappa shape index (κ3) is 4.21. The van der Waals surface area contributed by atoms with Gasteiger partial charge in [0.25, 0.3) is 0 Å². The third-order valence-corrected chi connectivity index (χ3v) is 3.55. The summed E-state index contributed by atoms with van der Waals surface area (Å²) < 4.78 is 5.44. The monoisotopic (exact) mass is 277 g/mol. The van der Waals surface area contributed by atoms with Crippen molar-refractivity contribution in [2.75, 3.05) is 32.1 Å². The summed E-state index contributed by atoms with van der Waals surface area (Å²) in [7, 11) is 1.82. The summed E-state index contributed by atoms with van der Waals surface area (Å²) in [6, 6.07) is 7.51. The topological polar surface area (TPSA) is 67.6 Å². The molecule has 1 unspecified atom stereocenters. The highest BCUT2D eigenvalue weighted by Gasteiger charge is 2.18. The molecule has 0 radical (unpaired) electrons. The zero-order chi connectivity index (χ0) is 14.4. The summed E-state index contributed by atoms with van der Waals surface area (Å²) in [5, 5.41) is 2.90. The molecule has 1 fully saturated rings. The molecule has 0 spiro atoms. The molecule has 2 amide bonds. The van der Waals surface area contributed by atoms with Crippen molar-refractivity contribution in [1.82, 2.24) is 4.90 Å². The Morgan fingerprint density at radius 1 is 1.55 bits per heavy atom. The van der Waals surface area contributed by atoms with Crippen molar-refractivity contribution in [1.29, 1.82) is 0 Å². The zero-order valence-electron chi connectivity index (χ0n) is 12.0. The van der Waals surface area contributed by atoms with Crippen LogP contribution in [0.1, 0.15) is 18.4 Å². The molecule has 1 aromatic carbocycles. The van der Waals surface area contributed by atoms with Gasteiger partial charge in [0.05, 0.1) is 6.61 Å². The van der Waals surface area contributed by atoms with Crippen LogP contribution in [0.4, 0.5) is 10.5 Å². The Balaban J connectivity index is 1.86. The number of carbonyl (C=O) groups excluding carboxylic acids is 1. The molecule has 5 heteroatoms. The largest absolute Gasteiger partial charge is 0.381 e. The normalized spacial score (nSPS) is 18.6. The van der Waals surface area contributed by atoms with Crippen LogP contribution in [0.25, 0.3) is 0 Å². The van der Waals surface area contributed by atoms with E-state index in [4.69, 9.17) is 10.5 Å². The van der Waals surface area contributed by atoms with Crippen molar-refractivity contribution >= 4 is 11.7 Å². The number of hydrogen-bond acceptors (Lipinski definition) is 3. The van der Waals surface area contributed by atoms with Crippen LogP contribution in [-0.4, -0.2) is 37.7 Å². The van der Waals surface area contributed by atoms with E-state index in [0.29, 0.717) is 12.5 Å². The van der Waals surface area contributed by atoms with Crippen LogP contribution in [0, 0.1) is 5.92 Å². The highest BCUT2D eigenvalue weighted by atomic mass is 16.5. The standard InChI is InChI=1S/C15H23N3O2/c1-18(10-13-5-3-7-20-11-13)15(19)17-14-6-2-4-12(8-14)9-16/h2,4,6,8,13H,3,5,7,9-11,16H2,1H3,(H,17,19). The Labute approximate surface area is 120 Å². The summed E-state index contributed by atoms with van der Waals surface area (Å²) in [6.45, 7) is 2.79. The fourth-order valence-electron chi connectivity index (χ4n) is 2.42. The lowest BCUT2D eigenvalue weighted by molar-refractivity contribution is 0.0464. The van der Waals surface area contributed by atoms with Crippen molar-refractivity contribution in [3.63, 3.8) is 0 Å². The van der Waals surface area contributed by atoms with E-state index >= 15 is 0 Å². The van der Waals surface area contributed by atoms with E-state index in [0.717, 1.165) is 43.9 Å². The molecule has 0 saturated carbocycles. The molecule has 1 aromatic rings. The van der Waals surface area contributed by atoms with Gasteiger partial charge in [-0.05, 0) is 30.5 Å². The van der Waals surface area contributed by atoms with Crippen molar-refractivity contribution in [3.8, 4) is 0 Å². The number of hydrogen-bond donors (Lipinski definition) is 2. The molecule has 1 atom stereocenters. The molecule has 1 aliphatic rings. The van der Waals surface area contributed by atoms with Crippen molar-refractivity contribution < 1.29 is 9.53 Å². The van der Waals surface area contributed by atoms with Gasteiger partial charge in [0.2, 0.25) is 0 Å². The third-order valence-electron chi connectivity index (χ3n) is 3.55. The van der Waals surface area contributed by atoms with Crippen molar-refractivity contribution in [3.05, 3.63) is 29.8 Å². The first-order chi connectivity index (χ1) is 9.69. The highest BCUT2D eigenvalue weighted by Crippen LogP contribution is 2.15. The van der Waals surface area contributed by atoms with Crippen molar-refractivity contribution in [2.24, 2.45) is 11.7 Å². The molecule has 1 aliphatic heterocycles. The second kappa shape index (κ2) is 7.26. The number of nitrogens with one attached hydrogen (secondary N) is 1. The number of amides is 2. The van der Waals surface area contributed by atoms with E-state index in [-0.39, 0.29) is 6.03 Å². The maximum atomic E-state index is 12.1. The Morgan fingerprint density at radius 2 is 2.40 bits per heavy atom. The summed E-state index contributed by atoms with van der Waals surface area (Å²) in [4.78, 5) is 13.8. The number of anilines is 1. The zero-order valence-corrected chi connectivity index (χ0v) is 12.0. The molecule has 3 N–H and O–H groups in total. The van der Waals surface area contributed by atoms with Gasteiger partial charge in [0.1, 0.15) is 0 Å². The minimum atomic E-state index is -0.0928. The number of rotatable bonds is 4. The Morgan fingerprint density at radius 3 is 3.10 bits per heavy atom. The van der Waals surface area contributed by atoms with Gasteiger partial charge >= 0.3 is 6.03 Å². The molecule has 110 valence electrons. The number of carbonyl (C=O) groups is 1. The number of benzene rings is 1. The SMILES string of the molecule is CN(CC1CCCOC1)C(=O)Nc1cccc(CN)c1. The van der Waals surface area contributed by atoms with Crippen molar-refractivity contribution in [2.45, 2.75) is 19.4 Å². The Bertz CT molecular complexity index is 444. The van der Waals surface area contributed by atoms with E-state index < -0.39 is 0 Å². The average molecular weight is 277 g/mol. The first-order valence-corrected chi connectivity index (χ1v) is 7.08. The first-order valence-electron chi connectivity index (χ1n) is 7.08. The lowest BCUT2D eigenvalue weighted by Gasteiger charge is -2.27. The molecule has 5 nitrogen and oxygen atoms in total. The van der Waals surface area contributed by atoms with Crippen LogP contribution in [0.2, 0.25) is 0 Å².